The minimum Gasteiger partial charge on any atom is -0.480 e. The van der Waals surface area contributed by atoms with E-state index >= 15 is 0 Å². The number of halogens is 2. The lowest BCUT2D eigenvalue weighted by Crippen LogP contribution is -2.34. The predicted molar refractivity (Wildman–Crippen MR) is 66.3 cm³/mol. The quantitative estimate of drug-likeness (QED) is 0.872. The molecule has 88 valence electrons. The van der Waals surface area contributed by atoms with E-state index in [1.807, 2.05) is 13.8 Å². The van der Waals surface area contributed by atoms with Gasteiger partial charge in [-0.3, -0.25) is 0 Å². The van der Waals surface area contributed by atoms with Gasteiger partial charge in [-0.15, -0.1) is 0 Å². The highest BCUT2D eigenvalue weighted by molar-refractivity contribution is 6.39. The van der Waals surface area contributed by atoms with Crippen LogP contribution in [0, 0.1) is 5.92 Å². The third-order valence-corrected chi connectivity index (χ3v) is 2.83. The summed E-state index contributed by atoms with van der Waals surface area (Å²) in [6.07, 6.45) is 0. The van der Waals surface area contributed by atoms with Crippen LogP contribution < -0.4 is 5.32 Å². The van der Waals surface area contributed by atoms with Gasteiger partial charge in [0.25, 0.3) is 0 Å². The van der Waals surface area contributed by atoms with Crippen LogP contribution >= 0.6 is 23.2 Å². The fraction of sp³-hybridized carbons (Fsp3) is 0.364. The molecule has 0 saturated carbocycles. The van der Waals surface area contributed by atoms with Crippen LogP contribution in [0.2, 0.25) is 10.0 Å². The van der Waals surface area contributed by atoms with Gasteiger partial charge < -0.3 is 10.4 Å². The number of carboxylic acids is 1. The molecule has 5 heteroatoms. The fourth-order valence-corrected chi connectivity index (χ4v) is 1.81. The molecule has 3 nitrogen and oxygen atoms in total. The molecule has 0 aliphatic rings. The number of hydrogen-bond acceptors (Lipinski definition) is 2. The summed E-state index contributed by atoms with van der Waals surface area (Å²) in [5.41, 5.74) is 0.465. The molecule has 0 aromatic heterocycles. The van der Waals surface area contributed by atoms with E-state index in [-0.39, 0.29) is 5.92 Å². The second kappa shape index (κ2) is 5.41. The predicted octanol–water partition coefficient (Wildman–Crippen LogP) is 3.51. The average molecular weight is 262 g/mol. The normalized spacial score (nSPS) is 12.6. The first-order chi connectivity index (χ1) is 7.43. The van der Waals surface area contributed by atoms with Crippen molar-refractivity contribution >= 4 is 34.9 Å². The molecule has 0 spiro atoms. The highest BCUT2D eigenvalue weighted by Crippen LogP contribution is 2.31. The summed E-state index contributed by atoms with van der Waals surface area (Å²) < 4.78 is 0. The van der Waals surface area contributed by atoms with Gasteiger partial charge in [0, 0.05) is 0 Å². The Balaban J connectivity index is 2.98. The summed E-state index contributed by atoms with van der Waals surface area (Å²) in [4.78, 5) is 11.0. The Bertz CT molecular complexity index is 373. The molecular formula is C11H13Cl2NO2. The molecule has 0 saturated heterocycles. The first-order valence-corrected chi connectivity index (χ1v) is 5.62. The monoisotopic (exact) mass is 261 g/mol. The Morgan fingerprint density at radius 3 is 2.19 bits per heavy atom. The van der Waals surface area contributed by atoms with E-state index < -0.39 is 12.0 Å². The maximum absolute atomic E-state index is 11.0. The van der Waals surface area contributed by atoms with Gasteiger partial charge in [0.1, 0.15) is 6.04 Å². The lowest BCUT2D eigenvalue weighted by molar-refractivity contribution is -0.138. The van der Waals surface area contributed by atoms with Gasteiger partial charge in [-0.2, -0.15) is 0 Å². The fourth-order valence-electron chi connectivity index (χ4n) is 1.30. The Hall–Kier alpha value is -0.930. The molecule has 1 atom stereocenters. The molecule has 1 aromatic rings. The standard InChI is InChI=1S/C11H13Cl2NO2/c1-6(2)9(11(15)16)14-10-7(12)4-3-5-8(10)13/h3-6,9,14H,1-2H3,(H,15,16). The molecule has 1 rings (SSSR count). The molecule has 0 amide bonds. The van der Waals surface area contributed by atoms with Crippen LogP contribution in [0.4, 0.5) is 5.69 Å². The Kier molecular flexibility index (Phi) is 4.44. The summed E-state index contributed by atoms with van der Waals surface area (Å²) in [5, 5.41) is 12.7. The number of carbonyl (C=O) groups is 1. The number of nitrogens with one attached hydrogen (secondary N) is 1. The van der Waals surface area contributed by atoms with Crippen LogP contribution in [0.5, 0.6) is 0 Å². The van der Waals surface area contributed by atoms with Crippen molar-refractivity contribution in [1.29, 1.82) is 0 Å². The molecule has 1 aromatic carbocycles. The average Bonchev–Trinajstić information content (AvgIpc) is 2.15. The van der Waals surface area contributed by atoms with Gasteiger partial charge in [-0.25, -0.2) is 4.79 Å². The summed E-state index contributed by atoms with van der Waals surface area (Å²) in [6, 6.07) is 4.32. The van der Waals surface area contributed by atoms with Gasteiger partial charge in [0.15, 0.2) is 0 Å². The van der Waals surface area contributed by atoms with Crippen LogP contribution in [0.1, 0.15) is 13.8 Å². The molecule has 16 heavy (non-hydrogen) atoms. The zero-order valence-corrected chi connectivity index (χ0v) is 10.5. The Labute approximate surface area is 104 Å². The van der Waals surface area contributed by atoms with Crippen LogP contribution in [0.3, 0.4) is 0 Å². The number of aliphatic carboxylic acids is 1. The number of hydrogen-bond donors (Lipinski definition) is 2. The number of carboxylic acid groups (broad SMARTS) is 1. The van der Waals surface area contributed by atoms with E-state index in [0.717, 1.165) is 0 Å². The second-order valence-electron chi connectivity index (χ2n) is 3.80. The summed E-state index contributed by atoms with van der Waals surface area (Å²) in [5.74, 6) is -0.990. The van der Waals surface area contributed by atoms with Crippen LogP contribution in [-0.4, -0.2) is 17.1 Å². The van der Waals surface area contributed by atoms with E-state index in [2.05, 4.69) is 5.32 Å². The zero-order valence-electron chi connectivity index (χ0n) is 9.00. The summed E-state index contributed by atoms with van der Waals surface area (Å²) in [7, 11) is 0. The van der Waals surface area contributed by atoms with Crippen molar-refractivity contribution in [3.63, 3.8) is 0 Å². The van der Waals surface area contributed by atoms with E-state index in [1.165, 1.54) is 0 Å². The van der Waals surface area contributed by atoms with Crippen molar-refractivity contribution in [1.82, 2.24) is 0 Å². The van der Waals surface area contributed by atoms with Crippen LogP contribution in [0.15, 0.2) is 18.2 Å². The largest absolute Gasteiger partial charge is 0.480 e. The number of anilines is 1. The summed E-state index contributed by atoms with van der Waals surface area (Å²) in [6.45, 7) is 3.63. The van der Waals surface area contributed by atoms with Crippen molar-refractivity contribution in [3.05, 3.63) is 28.2 Å². The number of rotatable bonds is 4. The Morgan fingerprint density at radius 1 is 1.31 bits per heavy atom. The third-order valence-electron chi connectivity index (χ3n) is 2.20. The van der Waals surface area contributed by atoms with E-state index in [0.29, 0.717) is 15.7 Å². The van der Waals surface area contributed by atoms with Crippen LogP contribution in [-0.2, 0) is 4.79 Å². The first-order valence-electron chi connectivity index (χ1n) is 4.87. The lowest BCUT2D eigenvalue weighted by atomic mass is 10.0. The minimum absolute atomic E-state index is 0.0650. The lowest BCUT2D eigenvalue weighted by Gasteiger charge is -2.20. The maximum Gasteiger partial charge on any atom is 0.326 e. The molecule has 0 bridgehead atoms. The first kappa shape index (κ1) is 13.1. The number of para-hydroxylation sites is 1. The summed E-state index contributed by atoms with van der Waals surface area (Å²) >= 11 is 11.9. The molecule has 1 unspecified atom stereocenters. The molecular weight excluding hydrogens is 249 g/mol. The van der Waals surface area contributed by atoms with Gasteiger partial charge in [0.05, 0.1) is 15.7 Å². The zero-order chi connectivity index (χ0) is 12.3. The van der Waals surface area contributed by atoms with Crippen molar-refractivity contribution in [2.24, 2.45) is 5.92 Å². The molecule has 2 N–H and O–H groups in total. The minimum atomic E-state index is -0.925. The maximum atomic E-state index is 11.0. The van der Waals surface area contributed by atoms with Gasteiger partial charge in [0.2, 0.25) is 0 Å². The second-order valence-corrected chi connectivity index (χ2v) is 4.62. The SMILES string of the molecule is CC(C)C(Nc1c(Cl)cccc1Cl)C(=O)O. The van der Waals surface area contributed by atoms with E-state index in [9.17, 15) is 4.79 Å². The van der Waals surface area contributed by atoms with Gasteiger partial charge in [-0.1, -0.05) is 43.1 Å². The highest BCUT2D eigenvalue weighted by atomic mass is 35.5. The third kappa shape index (κ3) is 3.03. The molecule has 0 aliphatic carbocycles. The Morgan fingerprint density at radius 2 is 1.81 bits per heavy atom. The van der Waals surface area contributed by atoms with E-state index in [1.54, 1.807) is 18.2 Å². The van der Waals surface area contributed by atoms with E-state index in [4.69, 9.17) is 28.3 Å². The highest BCUT2D eigenvalue weighted by Gasteiger charge is 2.22. The number of benzene rings is 1. The van der Waals surface area contributed by atoms with Gasteiger partial charge in [-0.05, 0) is 18.1 Å². The van der Waals surface area contributed by atoms with Crippen LogP contribution in [0.25, 0.3) is 0 Å². The molecule has 0 fully saturated rings. The molecule has 0 heterocycles. The van der Waals surface area contributed by atoms with Gasteiger partial charge >= 0.3 is 5.97 Å². The van der Waals surface area contributed by atoms with Crippen molar-refractivity contribution < 1.29 is 9.90 Å². The molecule has 0 radical (unpaired) electrons. The molecule has 0 aliphatic heterocycles. The van der Waals surface area contributed by atoms with Crippen molar-refractivity contribution in [2.75, 3.05) is 5.32 Å². The smallest absolute Gasteiger partial charge is 0.326 e. The van der Waals surface area contributed by atoms with Crippen molar-refractivity contribution in [2.45, 2.75) is 19.9 Å². The topological polar surface area (TPSA) is 49.3 Å². The van der Waals surface area contributed by atoms with Crippen molar-refractivity contribution in [3.8, 4) is 0 Å².